The second kappa shape index (κ2) is 7.13. The highest BCUT2D eigenvalue weighted by Crippen LogP contribution is 2.32. The van der Waals surface area contributed by atoms with E-state index in [0.29, 0.717) is 23.2 Å². The number of carbonyl (C=O) groups excluding carboxylic acids is 1. The van der Waals surface area contributed by atoms with Crippen LogP contribution >= 0.6 is 27.5 Å². The summed E-state index contributed by atoms with van der Waals surface area (Å²) in [5.41, 5.74) is 1.87. The lowest BCUT2D eigenvalue weighted by Crippen LogP contribution is -2.12. The van der Waals surface area contributed by atoms with E-state index in [4.69, 9.17) is 16.3 Å². The molecule has 0 amide bonds. The van der Waals surface area contributed by atoms with Crippen LogP contribution in [0.2, 0.25) is 5.15 Å². The fourth-order valence-corrected chi connectivity index (χ4v) is 5.72. The van der Waals surface area contributed by atoms with Crippen LogP contribution in [0.1, 0.15) is 29.3 Å². The molecule has 7 nitrogen and oxygen atoms in total. The van der Waals surface area contributed by atoms with Crippen molar-refractivity contribution in [1.29, 1.82) is 0 Å². The van der Waals surface area contributed by atoms with E-state index in [9.17, 15) is 13.2 Å². The van der Waals surface area contributed by atoms with Gasteiger partial charge in [0.1, 0.15) is 5.15 Å². The van der Waals surface area contributed by atoms with E-state index in [1.807, 2.05) is 18.2 Å². The normalized spacial score (nSPS) is 22.5. The number of ether oxygens (including phenoxy) is 1. The molecule has 1 atom stereocenters. The number of esters is 1. The van der Waals surface area contributed by atoms with Gasteiger partial charge in [0.2, 0.25) is 5.90 Å². The number of hydrogen-bond acceptors (Lipinski definition) is 6. The number of hydrogen-bond donors (Lipinski definition) is 0. The molecular formula is C18H15BrClN3O4S. The molecular weight excluding hydrogens is 470 g/mol. The van der Waals surface area contributed by atoms with Gasteiger partial charge >= 0.3 is 5.97 Å². The summed E-state index contributed by atoms with van der Waals surface area (Å²) in [5.74, 6) is -0.255. The van der Waals surface area contributed by atoms with Crippen LogP contribution < -0.4 is 0 Å². The molecule has 28 heavy (non-hydrogen) atoms. The zero-order valence-corrected chi connectivity index (χ0v) is 17.9. The third-order valence-electron chi connectivity index (χ3n) is 4.63. The van der Waals surface area contributed by atoms with Crippen LogP contribution in [0.3, 0.4) is 0 Å². The van der Waals surface area contributed by atoms with Crippen molar-refractivity contribution in [2.24, 2.45) is 4.99 Å². The standard InChI is InChI=1S/C18H15BrClN3O4S/c1-10-13(16(20)23(22-10)11-6-7-28(25,26)9-11)8-15-18(24)27-17(21-15)12-4-2-3-5-14(12)19/h2-5,8,11H,6-7,9H2,1H3/b15-8-/t11-/m1/s1. The van der Waals surface area contributed by atoms with Crippen LogP contribution in [-0.4, -0.2) is 41.6 Å². The molecule has 1 aromatic carbocycles. The predicted octanol–water partition coefficient (Wildman–Crippen LogP) is 3.31. The van der Waals surface area contributed by atoms with E-state index >= 15 is 0 Å². The number of benzene rings is 1. The van der Waals surface area contributed by atoms with Crippen molar-refractivity contribution in [1.82, 2.24) is 9.78 Å². The third kappa shape index (κ3) is 3.54. The number of halogens is 2. The number of cyclic esters (lactones) is 1. The van der Waals surface area contributed by atoms with E-state index in [2.05, 4.69) is 26.0 Å². The molecule has 1 saturated heterocycles. The van der Waals surface area contributed by atoms with Gasteiger partial charge in [0, 0.05) is 10.0 Å². The van der Waals surface area contributed by atoms with Crippen molar-refractivity contribution in [3.05, 3.63) is 56.4 Å². The highest BCUT2D eigenvalue weighted by Gasteiger charge is 2.32. The summed E-state index contributed by atoms with van der Waals surface area (Å²) < 4.78 is 31.1. The quantitative estimate of drug-likeness (QED) is 0.492. The lowest BCUT2D eigenvalue weighted by Gasteiger charge is -2.09. The molecule has 0 saturated carbocycles. The topological polar surface area (TPSA) is 90.6 Å². The van der Waals surface area contributed by atoms with Crippen LogP contribution in [0, 0.1) is 6.92 Å². The summed E-state index contributed by atoms with van der Waals surface area (Å²) in [6.45, 7) is 1.75. The van der Waals surface area contributed by atoms with Crippen molar-refractivity contribution >= 4 is 55.3 Å². The van der Waals surface area contributed by atoms with Crippen LogP contribution in [0.25, 0.3) is 6.08 Å². The zero-order chi connectivity index (χ0) is 20.1. The maximum absolute atomic E-state index is 12.3. The molecule has 2 aliphatic heterocycles. The zero-order valence-electron chi connectivity index (χ0n) is 14.7. The molecule has 0 unspecified atom stereocenters. The lowest BCUT2D eigenvalue weighted by atomic mass is 10.2. The second-order valence-corrected chi connectivity index (χ2v) is 10.0. The summed E-state index contributed by atoms with van der Waals surface area (Å²) in [4.78, 5) is 16.6. The molecule has 0 N–H and O–H groups in total. The largest absolute Gasteiger partial charge is 0.402 e. The monoisotopic (exact) mass is 483 g/mol. The summed E-state index contributed by atoms with van der Waals surface area (Å²) in [6, 6.07) is 6.98. The third-order valence-corrected chi connectivity index (χ3v) is 7.45. The van der Waals surface area contributed by atoms with Gasteiger partial charge in [-0.05, 0) is 47.5 Å². The molecule has 2 aromatic rings. The Morgan fingerprint density at radius 1 is 1.36 bits per heavy atom. The molecule has 1 aromatic heterocycles. The molecule has 10 heteroatoms. The Morgan fingerprint density at radius 3 is 2.79 bits per heavy atom. The molecule has 3 heterocycles. The number of aliphatic imine (C=N–C) groups is 1. The SMILES string of the molecule is Cc1nn([C@@H]2CCS(=O)(=O)C2)c(Cl)c1/C=C1\N=C(c2ccccc2Br)OC1=O. The first-order valence-electron chi connectivity index (χ1n) is 8.47. The van der Waals surface area contributed by atoms with Crippen molar-refractivity contribution < 1.29 is 17.9 Å². The predicted molar refractivity (Wildman–Crippen MR) is 109 cm³/mol. The molecule has 0 bridgehead atoms. The number of rotatable bonds is 3. The summed E-state index contributed by atoms with van der Waals surface area (Å²) in [7, 11) is -3.07. The van der Waals surface area contributed by atoms with Crippen molar-refractivity contribution in [2.45, 2.75) is 19.4 Å². The summed E-state index contributed by atoms with van der Waals surface area (Å²) >= 11 is 9.87. The second-order valence-electron chi connectivity index (χ2n) is 6.61. The molecule has 4 rings (SSSR count). The fourth-order valence-electron chi connectivity index (χ4n) is 3.20. The van der Waals surface area contributed by atoms with Crippen molar-refractivity contribution in [3.8, 4) is 0 Å². The highest BCUT2D eigenvalue weighted by molar-refractivity contribution is 9.10. The van der Waals surface area contributed by atoms with Crippen LogP contribution in [0.4, 0.5) is 0 Å². The lowest BCUT2D eigenvalue weighted by molar-refractivity contribution is -0.129. The van der Waals surface area contributed by atoms with E-state index in [1.54, 1.807) is 13.0 Å². The van der Waals surface area contributed by atoms with Gasteiger partial charge < -0.3 is 4.74 Å². The minimum atomic E-state index is -3.07. The van der Waals surface area contributed by atoms with Gasteiger partial charge in [0.15, 0.2) is 15.5 Å². The summed E-state index contributed by atoms with van der Waals surface area (Å²) in [5, 5.41) is 4.67. The Hall–Kier alpha value is -1.97. The van der Waals surface area contributed by atoms with Gasteiger partial charge in [-0.3, -0.25) is 0 Å². The number of aryl methyl sites for hydroxylation is 1. The maximum atomic E-state index is 12.3. The van der Waals surface area contributed by atoms with Crippen molar-refractivity contribution in [3.63, 3.8) is 0 Å². The molecule has 1 fully saturated rings. The molecule has 2 aliphatic rings. The number of carbonyl (C=O) groups is 1. The van der Waals surface area contributed by atoms with E-state index in [-0.39, 0.29) is 34.3 Å². The fraction of sp³-hybridized carbons (Fsp3) is 0.278. The smallest absolute Gasteiger partial charge is 0.363 e. The van der Waals surface area contributed by atoms with E-state index in [0.717, 1.165) is 4.47 Å². The Balaban J connectivity index is 1.70. The summed E-state index contributed by atoms with van der Waals surface area (Å²) in [6.07, 6.45) is 1.99. The first kappa shape index (κ1) is 19.4. The Kier molecular flexibility index (Phi) is 4.93. The van der Waals surface area contributed by atoms with E-state index in [1.165, 1.54) is 10.8 Å². The average molecular weight is 485 g/mol. The van der Waals surface area contributed by atoms with Gasteiger partial charge in [-0.25, -0.2) is 22.9 Å². The minimum absolute atomic E-state index is 0.0101. The van der Waals surface area contributed by atoms with Crippen LogP contribution in [0.15, 0.2) is 39.4 Å². The van der Waals surface area contributed by atoms with Gasteiger partial charge in [-0.15, -0.1) is 0 Å². The molecule has 0 spiro atoms. The first-order valence-corrected chi connectivity index (χ1v) is 11.5. The van der Waals surface area contributed by atoms with Gasteiger partial charge in [-0.1, -0.05) is 23.7 Å². The minimum Gasteiger partial charge on any atom is -0.402 e. The van der Waals surface area contributed by atoms with E-state index < -0.39 is 15.8 Å². The Morgan fingerprint density at radius 2 is 2.11 bits per heavy atom. The number of aromatic nitrogens is 2. The highest BCUT2D eigenvalue weighted by atomic mass is 79.9. The van der Waals surface area contributed by atoms with Gasteiger partial charge in [0.05, 0.1) is 28.8 Å². The number of nitrogens with zero attached hydrogens (tertiary/aromatic N) is 3. The van der Waals surface area contributed by atoms with Gasteiger partial charge in [-0.2, -0.15) is 5.10 Å². The van der Waals surface area contributed by atoms with Crippen LogP contribution in [0.5, 0.6) is 0 Å². The molecule has 0 radical (unpaired) electrons. The average Bonchev–Trinajstić information content (AvgIpc) is 3.27. The van der Waals surface area contributed by atoms with Gasteiger partial charge in [0.25, 0.3) is 0 Å². The first-order chi connectivity index (χ1) is 13.2. The Bertz CT molecular complexity index is 1150. The Labute approximate surface area is 175 Å². The number of sulfone groups is 1. The molecule has 0 aliphatic carbocycles. The molecule has 146 valence electrons. The van der Waals surface area contributed by atoms with Crippen molar-refractivity contribution in [2.75, 3.05) is 11.5 Å². The maximum Gasteiger partial charge on any atom is 0.363 e. The van der Waals surface area contributed by atoms with Crippen LogP contribution in [-0.2, 0) is 19.4 Å².